The lowest BCUT2D eigenvalue weighted by molar-refractivity contribution is 0.0992. The van der Waals surface area contributed by atoms with Crippen LogP contribution in [0.3, 0.4) is 0 Å². The highest BCUT2D eigenvalue weighted by Crippen LogP contribution is 2.34. The molecule has 0 unspecified atom stereocenters. The molecule has 2 aromatic carbocycles. The molecule has 0 saturated heterocycles. The predicted octanol–water partition coefficient (Wildman–Crippen LogP) is 2.67. The third kappa shape index (κ3) is 2.78. The molecule has 2 aromatic rings. The molecular weight excluding hydrogens is 312 g/mol. The summed E-state index contributed by atoms with van der Waals surface area (Å²) in [5.74, 6) is 1.79. The van der Waals surface area contributed by atoms with E-state index in [1.54, 1.807) is 30.3 Å². The fourth-order valence-corrected chi connectivity index (χ4v) is 2.62. The van der Waals surface area contributed by atoms with Gasteiger partial charge >= 0.3 is 0 Å². The van der Waals surface area contributed by atoms with Crippen LogP contribution in [-0.2, 0) is 6.42 Å². The third-order valence-corrected chi connectivity index (χ3v) is 3.84. The van der Waals surface area contributed by atoms with Crippen LogP contribution < -0.4 is 18.9 Å². The predicted molar refractivity (Wildman–Crippen MR) is 85.5 cm³/mol. The van der Waals surface area contributed by atoms with E-state index < -0.39 is 0 Å². The Morgan fingerprint density at radius 2 is 1.92 bits per heavy atom. The molecule has 0 amide bonds. The minimum absolute atomic E-state index is 0.0636. The number of fused-ring (bicyclic) bond motifs is 1. The van der Waals surface area contributed by atoms with Gasteiger partial charge in [-0.1, -0.05) is 6.07 Å². The lowest BCUT2D eigenvalue weighted by Gasteiger charge is -2.13. The number of aldehydes is 1. The molecule has 0 atom stereocenters. The van der Waals surface area contributed by atoms with E-state index in [1.807, 2.05) is 0 Å². The van der Waals surface area contributed by atoms with Crippen molar-refractivity contribution in [3.05, 3.63) is 47.0 Å². The summed E-state index contributed by atoms with van der Waals surface area (Å²) < 4.78 is 20.9. The summed E-state index contributed by atoms with van der Waals surface area (Å²) in [7, 11) is 2.94. The SMILES string of the molecule is COc1ccc(CC(=O)c2ccc3c(c2)OCO3)c(C=O)c1OC. The van der Waals surface area contributed by atoms with Crippen LogP contribution in [0.15, 0.2) is 30.3 Å². The van der Waals surface area contributed by atoms with Crippen LogP contribution in [0.2, 0.25) is 0 Å². The maximum atomic E-state index is 12.6. The Balaban J connectivity index is 1.90. The number of hydrogen-bond acceptors (Lipinski definition) is 6. The minimum Gasteiger partial charge on any atom is -0.493 e. The highest BCUT2D eigenvalue weighted by Gasteiger charge is 2.19. The second kappa shape index (κ2) is 6.62. The van der Waals surface area contributed by atoms with Gasteiger partial charge in [0, 0.05) is 12.0 Å². The first-order valence-corrected chi connectivity index (χ1v) is 7.29. The van der Waals surface area contributed by atoms with Crippen molar-refractivity contribution in [1.82, 2.24) is 0 Å². The van der Waals surface area contributed by atoms with E-state index in [0.29, 0.717) is 46.0 Å². The Morgan fingerprint density at radius 1 is 1.12 bits per heavy atom. The topological polar surface area (TPSA) is 71.1 Å². The van der Waals surface area contributed by atoms with Gasteiger partial charge in [0.2, 0.25) is 6.79 Å². The van der Waals surface area contributed by atoms with Gasteiger partial charge in [-0.15, -0.1) is 0 Å². The summed E-state index contributed by atoms with van der Waals surface area (Å²) in [5, 5.41) is 0. The molecule has 0 aromatic heterocycles. The second-order valence-electron chi connectivity index (χ2n) is 5.16. The number of Topliss-reactive ketones (excluding diaryl/α,β-unsaturated/α-hetero) is 1. The van der Waals surface area contributed by atoms with Gasteiger partial charge in [0.1, 0.15) is 0 Å². The maximum absolute atomic E-state index is 12.6. The number of carbonyl (C=O) groups is 2. The normalized spacial score (nSPS) is 11.9. The smallest absolute Gasteiger partial charge is 0.231 e. The van der Waals surface area contributed by atoms with Gasteiger partial charge in [0.05, 0.1) is 19.8 Å². The minimum atomic E-state index is -0.136. The molecule has 0 bridgehead atoms. The van der Waals surface area contributed by atoms with Crippen molar-refractivity contribution < 1.29 is 28.5 Å². The Labute approximate surface area is 138 Å². The Bertz CT molecular complexity index is 796. The van der Waals surface area contributed by atoms with E-state index in [4.69, 9.17) is 18.9 Å². The van der Waals surface area contributed by atoms with Gasteiger partial charge in [-0.05, 0) is 29.8 Å². The molecule has 124 valence electrons. The molecule has 1 aliphatic rings. The van der Waals surface area contributed by atoms with E-state index in [1.165, 1.54) is 14.2 Å². The number of rotatable bonds is 6. The summed E-state index contributed by atoms with van der Waals surface area (Å²) in [6.07, 6.45) is 0.734. The van der Waals surface area contributed by atoms with Gasteiger partial charge in [-0.3, -0.25) is 9.59 Å². The lowest BCUT2D eigenvalue weighted by Crippen LogP contribution is -2.07. The average molecular weight is 328 g/mol. The standard InChI is InChI=1S/C18H16O6/c1-21-16-6-3-11(13(9-19)18(16)22-2)7-14(20)12-4-5-15-17(8-12)24-10-23-15/h3-6,8-9H,7,10H2,1-2H3. The first-order chi connectivity index (χ1) is 11.7. The van der Waals surface area contributed by atoms with Crippen molar-refractivity contribution in [1.29, 1.82) is 0 Å². The molecule has 0 radical (unpaired) electrons. The molecule has 3 rings (SSSR count). The summed E-state index contributed by atoms with van der Waals surface area (Å²) in [6.45, 7) is 0.151. The van der Waals surface area contributed by atoms with Gasteiger partial charge in [-0.25, -0.2) is 0 Å². The molecule has 0 aliphatic carbocycles. The van der Waals surface area contributed by atoms with E-state index in [9.17, 15) is 9.59 Å². The zero-order valence-electron chi connectivity index (χ0n) is 13.3. The van der Waals surface area contributed by atoms with Crippen molar-refractivity contribution in [3.63, 3.8) is 0 Å². The van der Waals surface area contributed by atoms with Crippen LogP contribution in [0.25, 0.3) is 0 Å². The van der Waals surface area contributed by atoms with Crippen molar-refractivity contribution in [2.45, 2.75) is 6.42 Å². The number of hydrogen-bond donors (Lipinski definition) is 0. The summed E-state index contributed by atoms with van der Waals surface area (Å²) in [6, 6.07) is 8.39. The van der Waals surface area contributed by atoms with Crippen LogP contribution in [-0.4, -0.2) is 33.1 Å². The fraction of sp³-hybridized carbons (Fsp3) is 0.222. The van der Waals surface area contributed by atoms with E-state index in [0.717, 1.165) is 0 Å². The van der Waals surface area contributed by atoms with Crippen LogP contribution >= 0.6 is 0 Å². The lowest BCUT2D eigenvalue weighted by atomic mass is 9.98. The Hall–Kier alpha value is -3.02. The van der Waals surface area contributed by atoms with Crippen LogP contribution in [0.4, 0.5) is 0 Å². The zero-order chi connectivity index (χ0) is 17.1. The van der Waals surface area contributed by atoms with Gasteiger partial charge in [-0.2, -0.15) is 0 Å². The molecule has 6 heteroatoms. The van der Waals surface area contributed by atoms with E-state index >= 15 is 0 Å². The van der Waals surface area contributed by atoms with Crippen molar-refractivity contribution >= 4 is 12.1 Å². The third-order valence-electron chi connectivity index (χ3n) is 3.84. The summed E-state index contributed by atoms with van der Waals surface area (Å²) >= 11 is 0. The Kier molecular flexibility index (Phi) is 4.37. The monoisotopic (exact) mass is 328 g/mol. The van der Waals surface area contributed by atoms with Crippen LogP contribution in [0, 0.1) is 0 Å². The highest BCUT2D eigenvalue weighted by atomic mass is 16.7. The number of carbonyl (C=O) groups excluding carboxylic acids is 2. The number of ketones is 1. The maximum Gasteiger partial charge on any atom is 0.231 e. The van der Waals surface area contributed by atoms with Crippen molar-refractivity contribution in [3.8, 4) is 23.0 Å². The number of benzene rings is 2. The van der Waals surface area contributed by atoms with E-state index in [-0.39, 0.29) is 19.0 Å². The first kappa shape index (κ1) is 15.9. The van der Waals surface area contributed by atoms with Crippen molar-refractivity contribution in [2.75, 3.05) is 21.0 Å². The molecule has 0 spiro atoms. The second-order valence-corrected chi connectivity index (χ2v) is 5.16. The fourth-order valence-electron chi connectivity index (χ4n) is 2.62. The van der Waals surface area contributed by atoms with Gasteiger partial charge in [0.15, 0.2) is 35.1 Å². The molecular formula is C18H16O6. The highest BCUT2D eigenvalue weighted by molar-refractivity contribution is 5.99. The zero-order valence-corrected chi connectivity index (χ0v) is 13.3. The molecule has 1 heterocycles. The molecule has 6 nitrogen and oxygen atoms in total. The quantitative estimate of drug-likeness (QED) is 0.600. The average Bonchev–Trinajstić information content (AvgIpc) is 3.08. The van der Waals surface area contributed by atoms with Crippen LogP contribution in [0.5, 0.6) is 23.0 Å². The molecule has 0 fully saturated rings. The van der Waals surface area contributed by atoms with Gasteiger partial charge < -0.3 is 18.9 Å². The molecule has 0 N–H and O–H groups in total. The van der Waals surface area contributed by atoms with Gasteiger partial charge in [0.25, 0.3) is 0 Å². The molecule has 24 heavy (non-hydrogen) atoms. The molecule has 0 saturated carbocycles. The summed E-state index contributed by atoms with van der Waals surface area (Å²) in [4.78, 5) is 24.0. The van der Waals surface area contributed by atoms with Crippen molar-refractivity contribution in [2.24, 2.45) is 0 Å². The largest absolute Gasteiger partial charge is 0.493 e. The van der Waals surface area contributed by atoms with E-state index in [2.05, 4.69) is 0 Å². The number of methoxy groups -OCH3 is 2. The summed E-state index contributed by atoms with van der Waals surface area (Å²) in [5.41, 5.74) is 1.38. The first-order valence-electron chi connectivity index (χ1n) is 7.29. The number of ether oxygens (including phenoxy) is 4. The van der Waals surface area contributed by atoms with Crippen LogP contribution in [0.1, 0.15) is 26.3 Å². The molecule has 1 aliphatic heterocycles. The Morgan fingerprint density at radius 3 is 2.62 bits per heavy atom.